The number of unbranched alkanes of at least 4 members (excludes halogenated alkanes) is 2. The maximum Gasteiger partial charge on any atom is 0.327 e. The molecule has 0 fully saturated rings. The van der Waals surface area contributed by atoms with E-state index in [0.717, 1.165) is 18.4 Å². The Balaban J connectivity index is 1.49. The minimum atomic E-state index is -0.362. The van der Waals surface area contributed by atoms with Crippen LogP contribution in [0.2, 0.25) is 0 Å². The molecule has 188 valence electrons. The molecule has 0 saturated carbocycles. The molecule has 0 bridgehead atoms. The first-order valence-corrected chi connectivity index (χ1v) is 11.5. The molecule has 5 N–H and O–H groups in total. The predicted molar refractivity (Wildman–Crippen MR) is 131 cm³/mol. The molecule has 2 amide bonds. The zero-order chi connectivity index (χ0) is 25.2. The summed E-state index contributed by atoms with van der Waals surface area (Å²) in [7, 11) is 1.33. The number of nitrogens with one attached hydrogen (secondary N) is 3. The number of nitrogen functional groups attached to an aromatic ring is 1. The Morgan fingerprint density at radius 1 is 1.20 bits per heavy atom. The van der Waals surface area contributed by atoms with Crippen LogP contribution in [-0.2, 0) is 22.5 Å². The zero-order valence-corrected chi connectivity index (χ0v) is 19.9. The van der Waals surface area contributed by atoms with Crippen molar-refractivity contribution in [3.8, 4) is 6.01 Å². The van der Waals surface area contributed by atoms with E-state index in [0.29, 0.717) is 49.4 Å². The number of benzene rings is 1. The van der Waals surface area contributed by atoms with E-state index >= 15 is 0 Å². The molecular weight excluding hydrogens is 454 g/mol. The molecule has 0 radical (unpaired) electrons. The molecular formula is C23H31N7O5. The Kier molecular flexibility index (Phi) is 9.04. The summed E-state index contributed by atoms with van der Waals surface area (Å²) in [5.74, 6) is -0.193. The Bertz CT molecular complexity index is 1220. The maximum atomic E-state index is 12.4. The number of rotatable bonds is 12. The summed E-state index contributed by atoms with van der Waals surface area (Å²) in [6.45, 7) is 3.32. The largest absolute Gasteiger partial charge is 0.469 e. The lowest BCUT2D eigenvalue weighted by Crippen LogP contribution is -2.29. The molecule has 0 saturated heterocycles. The molecule has 35 heavy (non-hydrogen) atoms. The van der Waals surface area contributed by atoms with Gasteiger partial charge in [0.2, 0.25) is 0 Å². The van der Waals surface area contributed by atoms with Crippen molar-refractivity contribution in [2.24, 2.45) is 0 Å². The van der Waals surface area contributed by atoms with Crippen molar-refractivity contribution in [3.05, 3.63) is 40.3 Å². The highest BCUT2D eigenvalue weighted by molar-refractivity contribution is 5.89. The molecule has 0 aliphatic rings. The van der Waals surface area contributed by atoms with Crippen LogP contribution in [0.1, 0.15) is 38.2 Å². The first-order chi connectivity index (χ1) is 16.9. The minimum absolute atomic E-state index is 0.129. The second-order valence-electron chi connectivity index (χ2n) is 7.92. The van der Waals surface area contributed by atoms with Gasteiger partial charge in [0.05, 0.1) is 20.1 Å². The second kappa shape index (κ2) is 12.4. The van der Waals surface area contributed by atoms with Crippen molar-refractivity contribution in [2.45, 2.75) is 45.6 Å². The summed E-state index contributed by atoms with van der Waals surface area (Å²) in [6, 6.07) is 6.77. The van der Waals surface area contributed by atoms with Crippen molar-refractivity contribution in [3.63, 3.8) is 0 Å². The maximum absolute atomic E-state index is 12.4. The number of aromatic amines is 1. The number of nitrogens with zero attached hydrogens (tertiary/aromatic N) is 3. The average molecular weight is 486 g/mol. The van der Waals surface area contributed by atoms with Gasteiger partial charge in [0, 0.05) is 18.8 Å². The number of carbonyl (C=O) groups is 2. The van der Waals surface area contributed by atoms with Gasteiger partial charge in [0.25, 0.3) is 0 Å². The lowest BCUT2D eigenvalue weighted by molar-refractivity contribution is -0.139. The smallest absolute Gasteiger partial charge is 0.327 e. The van der Waals surface area contributed by atoms with Crippen LogP contribution in [0.3, 0.4) is 0 Å². The summed E-state index contributed by atoms with van der Waals surface area (Å²) < 4.78 is 11.7. The zero-order valence-electron chi connectivity index (χ0n) is 19.9. The van der Waals surface area contributed by atoms with Crippen LogP contribution in [0.15, 0.2) is 29.1 Å². The molecule has 0 atom stereocenters. The minimum Gasteiger partial charge on any atom is -0.469 e. The van der Waals surface area contributed by atoms with E-state index in [4.69, 9.17) is 10.5 Å². The van der Waals surface area contributed by atoms with E-state index in [-0.39, 0.29) is 35.9 Å². The van der Waals surface area contributed by atoms with Gasteiger partial charge in [-0.05, 0) is 37.0 Å². The highest BCUT2D eigenvalue weighted by atomic mass is 16.5. The number of nitrogens with two attached hydrogens (primary N) is 1. The lowest BCUT2D eigenvalue weighted by Gasteiger charge is -2.09. The fourth-order valence-corrected chi connectivity index (χ4v) is 3.38. The van der Waals surface area contributed by atoms with Crippen LogP contribution >= 0.6 is 0 Å². The molecule has 3 rings (SSSR count). The molecule has 0 aliphatic heterocycles. The third-order valence-corrected chi connectivity index (χ3v) is 5.21. The first kappa shape index (κ1) is 25.5. The molecule has 0 aliphatic carbocycles. The number of ether oxygens (including phenoxy) is 2. The fourth-order valence-electron chi connectivity index (χ4n) is 3.38. The molecule has 3 aromatic rings. The molecule has 1 aromatic carbocycles. The lowest BCUT2D eigenvalue weighted by atomic mass is 10.1. The van der Waals surface area contributed by atoms with Crippen molar-refractivity contribution < 1.29 is 19.1 Å². The normalized spacial score (nSPS) is 10.8. The van der Waals surface area contributed by atoms with Gasteiger partial charge in [-0.1, -0.05) is 25.5 Å². The number of esters is 1. The fraction of sp³-hybridized carbons (Fsp3) is 0.435. The first-order valence-electron chi connectivity index (χ1n) is 11.5. The summed E-state index contributed by atoms with van der Waals surface area (Å²) in [5.41, 5.74) is 7.72. The molecule has 12 nitrogen and oxygen atoms in total. The number of amides is 2. The quantitative estimate of drug-likeness (QED) is 0.224. The Morgan fingerprint density at radius 2 is 2.03 bits per heavy atom. The van der Waals surface area contributed by atoms with E-state index in [1.54, 1.807) is 24.3 Å². The van der Waals surface area contributed by atoms with Gasteiger partial charge in [0.1, 0.15) is 5.52 Å². The molecule has 12 heteroatoms. The number of anilines is 2. The van der Waals surface area contributed by atoms with Crippen LogP contribution in [0.5, 0.6) is 6.01 Å². The van der Waals surface area contributed by atoms with E-state index < -0.39 is 0 Å². The average Bonchev–Trinajstić information content (AvgIpc) is 3.15. The van der Waals surface area contributed by atoms with E-state index in [2.05, 4.69) is 37.2 Å². The predicted octanol–water partition coefficient (Wildman–Crippen LogP) is 2.20. The van der Waals surface area contributed by atoms with E-state index in [9.17, 15) is 14.4 Å². The van der Waals surface area contributed by atoms with Gasteiger partial charge in [-0.25, -0.2) is 9.59 Å². The van der Waals surface area contributed by atoms with Gasteiger partial charge >= 0.3 is 23.7 Å². The Morgan fingerprint density at radius 3 is 2.80 bits per heavy atom. The number of aromatic nitrogens is 4. The van der Waals surface area contributed by atoms with E-state index in [1.165, 1.54) is 11.7 Å². The highest BCUT2D eigenvalue weighted by Gasteiger charge is 2.14. The number of urea groups is 1. The molecule has 2 aromatic heterocycles. The number of imidazole rings is 1. The summed E-state index contributed by atoms with van der Waals surface area (Å²) in [6.07, 6.45) is 3.22. The Labute approximate surface area is 202 Å². The topological polar surface area (TPSA) is 166 Å². The number of carbonyl (C=O) groups excluding carboxylic acids is 2. The number of hydrogen-bond donors (Lipinski definition) is 4. The highest BCUT2D eigenvalue weighted by Crippen LogP contribution is 2.18. The van der Waals surface area contributed by atoms with Gasteiger partial charge in [0.15, 0.2) is 11.5 Å². The van der Waals surface area contributed by atoms with Crippen molar-refractivity contribution in [1.82, 2.24) is 24.8 Å². The third kappa shape index (κ3) is 7.19. The van der Waals surface area contributed by atoms with Crippen LogP contribution in [-0.4, -0.2) is 51.8 Å². The van der Waals surface area contributed by atoms with Crippen LogP contribution in [0.4, 0.5) is 16.3 Å². The number of methoxy groups -OCH3 is 1. The number of fused-ring (bicyclic) bond motifs is 1. The van der Waals surface area contributed by atoms with Crippen LogP contribution in [0.25, 0.3) is 11.2 Å². The third-order valence-electron chi connectivity index (χ3n) is 5.21. The Hall–Kier alpha value is -4.09. The monoisotopic (exact) mass is 485 g/mol. The molecule has 2 heterocycles. The van der Waals surface area contributed by atoms with Gasteiger partial charge in [-0.2, -0.15) is 9.97 Å². The molecule has 0 spiro atoms. The second-order valence-corrected chi connectivity index (χ2v) is 7.92. The van der Waals surface area contributed by atoms with Gasteiger partial charge in [-0.3, -0.25) is 9.36 Å². The van der Waals surface area contributed by atoms with Crippen molar-refractivity contribution in [1.29, 1.82) is 0 Å². The van der Waals surface area contributed by atoms with Crippen LogP contribution in [0, 0.1) is 0 Å². The standard InChI is InChI=1S/C23H31N7O5/c1-3-4-12-35-22-28-19(24)18-20(29-22)30(23(33)27-18)11-6-5-10-25-21(32)26-16-9-7-8-15(13-16)14-17(31)34-2/h7-9,13H,3-6,10-12,14H2,1-2H3,(H,27,33)(H2,24,28,29)(H2,25,26,32). The van der Waals surface area contributed by atoms with Gasteiger partial charge < -0.3 is 30.8 Å². The molecule has 0 unspecified atom stereocenters. The van der Waals surface area contributed by atoms with Crippen molar-refractivity contribution in [2.75, 3.05) is 31.3 Å². The van der Waals surface area contributed by atoms with Gasteiger partial charge in [-0.15, -0.1) is 0 Å². The summed E-state index contributed by atoms with van der Waals surface area (Å²) in [5, 5.41) is 5.52. The SMILES string of the molecule is CCCCOc1nc(N)c2[nH]c(=O)n(CCCCNC(=O)Nc3cccc(CC(=O)OC)c3)c2n1. The number of aryl methyl sites for hydroxylation is 1. The van der Waals surface area contributed by atoms with Crippen LogP contribution < -0.4 is 26.8 Å². The number of H-pyrrole nitrogens is 1. The summed E-state index contributed by atoms with van der Waals surface area (Å²) >= 11 is 0. The summed E-state index contributed by atoms with van der Waals surface area (Å²) in [4.78, 5) is 47.1. The van der Waals surface area contributed by atoms with Crippen molar-refractivity contribution >= 4 is 34.7 Å². The number of hydrogen-bond acceptors (Lipinski definition) is 8. The van der Waals surface area contributed by atoms with E-state index in [1.807, 2.05) is 0 Å².